The van der Waals surface area contributed by atoms with E-state index in [0.717, 1.165) is 13.0 Å². The summed E-state index contributed by atoms with van der Waals surface area (Å²) in [5.41, 5.74) is 0. The van der Waals surface area contributed by atoms with Crippen LogP contribution in [0.5, 0.6) is 0 Å². The van der Waals surface area contributed by atoms with Crippen molar-refractivity contribution in [1.29, 1.82) is 0 Å². The Morgan fingerprint density at radius 2 is 1.32 bits per heavy atom. The molecule has 1 unspecified atom stereocenters. The van der Waals surface area contributed by atoms with E-state index in [1.54, 1.807) is 6.92 Å². The third kappa shape index (κ3) is 15.7. The third-order valence-electron chi connectivity index (χ3n) is 2.97. The van der Waals surface area contributed by atoms with Crippen molar-refractivity contribution in [3.8, 4) is 0 Å². The van der Waals surface area contributed by atoms with Crippen molar-refractivity contribution in [3.05, 3.63) is 0 Å². The molecule has 0 aliphatic rings. The first-order valence-corrected chi connectivity index (χ1v) is 8.17. The molecule has 1 atom stereocenters. The van der Waals surface area contributed by atoms with Gasteiger partial charge in [0.05, 0.1) is 59.3 Å². The van der Waals surface area contributed by atoms with Crippen LogP contribution in [0.25, 0.3) is 0 Å². The number of esters is 1. The Kier molecular flexibility index (Phi) is 16.2. The van der Waals surface area contributed by atoms with E-state index < -0.39 is 0 Å². The highest BCUT2D eigenvalue weighted by Gasteiger charge is 2.00. The Balaban J connectivity index is 3.07. The third-order valence-corrected chi connectivity index (χ3v) is 2.97. The minimum Gasteiger partial charge on any atom is -0.466 e. The summed E-state index contributed by atoms with van der Waals surface area (Å²) in [7, 11) is 0. The van der Waals surface area contributed by atoms with Crippen LogP contribution in [0, 0.1) is 5.92 Å². The maximum atomic E-state index is 11.0. The van der Waals surface area contributed by atoms with E-state index in [1.807, 2.05) is 0 Å². The van der Waals surface area contributed by atoms with Gasteiger partial charge in [0.2, 0.25) is 0 Å². The number of hydrogen-bond acceptors (Lipinski definition) is 6. The van der Waals surface area contributed by atoms with Crippen LogP contribution >= 0.6 is 0 Å². The molecule has 0 saturated carbocycles. The predicted molar refractivity (Wildman–Crippen MR) is 84.0 cm³/mol. The molecule has 0 aliphatic heterocycles. The average molecular weight is 320 g/mol. The first kappa shape index (κ1) is 21.3. The van der Waals surface area contributed by atoms with Gasteiger partial charge in [-0.25, -0.2) is 0 Å². The molecule has 0 aliphatic carbocycles. The number of carbonyl (C=O) groups excluding carboxylic acids is 1. The van der Waals surface area contributed by atoms with E-state index in [0.29, 0.717) is 58.8 Å². The zero-order valence-corrected chi connectivity index (χ0v) is 14.3. The Morgan fingerprint density at radius 3 is 1.82 bits per heavy atom. The topological polar surface area (TPSA) is 63.2 Å². The van der Waals surface area contributed by atoms with Crippen molar-refractivity contribution in [2.24, 2.45) is 5.92 Å². The number of hydrogen-bond donors (Lipinski definition) is 0. The van der Waals surface area contributed by atoms with Crippen LogP contribution in [-0.4, -0.2) is 65.4 Å². The second-order valence-corrected chi connectivity index (χ2v) is 4.98. The highest BCUT2D eigenvalue weighted by atomic mass is 16.6. The number of ether oxygens (including phenoxy) is 5. The molecule has 0 radical (unpaired) electrons. The lowest BCUT2D eigenvalue weighted by Gasteiger charge is -2.10. The van der Waals surface area contributed by atoms with Gasteiger partial charge >= 0.3 is 5.97 Å². The van der Waals surface area contributed by atoms with Gasteiger partial charge in [-0.2, -0.15) is 0 Å². The smallest absolute Gasteiger partial charge is 0.308 e. The van der Waals surface area contributed by atoms with Gasteiger partial charge in [-0.15, -0.1) is 0 Å². The summed E-state index contributed by atoms with van der Waals surface area (Å²) in [6, 6.07) is 0. The molecule has 0 spiro atoms. The fraction of sp³-hybridized carbons (Fsp3) is 0.938. The zero-order chi connectivity index (χ0) is 16.5. The molecule has 0 aromatic rings. The van der Waals surface area contributed by atoms with E-state index >= 15 is 0 Å². The van der Waals surface area contributed by atoms with Crippen LogP contribution in [0.3, 0.4) is 0 Å². The van der Waals surface area contributed by atoms with Crippen molar-refractivity contribution >= 4 is 5.97 Å². The molecule has 0 N–H and O–H groups in total. The van der Waals surface area contributed by atoms with Crippen molar-refractivity contribution in [2.45, 2.75) is 33.6 Å². The zero-order valence-electron chi connectivity index (χ0n) is 14.3. The predicted octanol–water partition coefficient (Wildman–Crippen LogP) is 2.05. The summed E-state index contributed by atoms with van der Waals surface area (Å²) >= 11 is 0. The Hall–Kier alpha value is -0.690. The maximum absolute atomic E-state index is 11.0. The first-order chi connectivity index (χ1) is 10.7. The summed E-state index contributed by atoms with van der Waals surface area (Å²) in [4.78, 5) is 11.0. The van der Waals surface area contributed by atoms with Crippen LogP contribution in [-0.2, 0) is 28.5 Å². The lowest BCUT2D eigenvalue weighted by Crippen LogP contribution is -2.14. The minimum atomic E-state index is -0.229. The van der Waals surface area contributed by atoms with Gasteiger partial charge < -0.3 is 23.7 Å². The summed E-state index contributed by atoms with van der Waals surface area (Å²) in [6.45, 7) is 10.9. The van der Waals surface area contributed by atoms with Crippen LogP contribution < -0.4 is 0 Å². The van der Waals surface area contributed by atoms with Gasteiger partial charge in [-0.3, -0.25) is 4.79 Å². The molecular formula is C16H32O6. The van der Waals surface area contributed by atoms with E-state index in [1.165, 1.54) is 0 Å². The molecule has 132 valence electrons. The maximum Gasteiger partial charge on any atom is 0.308 e. The molecule has 0 saturated heterocycles. The molecule has 0 heterocycles. The Morgan fingerprint density at radius 1 is 0.818 bits per heavy atom. The van der Waals surface area contributed by atoms with E-state index in [2.05, 4.69) is 13.8 Å². The molecule has 0 amide bonds. The van der Waals surface area contributed by atoms with Crippen molar-refractivity contribution < 1.29 is 28.5 Å². The molecule has 0 aromatic heterocycles. The monoisotopic (exact) mass is 320 g/mol. The molecule has 0 rings (SSSR count). The van der Waals surface area contributed by atoms with E-state index in [-0.39, 0.29) is 12.4 Å². The summed E-state index contributed by atoms with van der Waals surface area (Å²) in [5, 5.41) is 0. The minimum absolute atomic E-state index is 0.229. The van der Waals surface area contributed by atoms with Crippen LogP contribution in [0.1, 0.15) is 33.6 Å². The van der Waals surface area contributed by atoms with Crippen LogP contribution in [0.15, 0.2) is 0 Å². The van der Waals surface area contributed by atoms with Gasteiger partial charge in [0.1, 0.15) is 0 Å². The standard InChI is InChI=1S/C16H32O6/c1-4-15(3)14-21-13-12-20-11-10-19-9-8-18-7-6-16(17)22-5-2/h15H,4-14H2,1-3H3. The molecule has 0 bridgehead atoms. The summed E-state index contributed by atoms with van der Waals surface area (Å²) in [6.07, 6.45) is 1.42. The molecular weight excluding hydrogens is 288 g/mol. The summed E-state index contributed by atoms with van der Waals surface area (Å²) < 4.78 is 26.2. The van der Waals surface area contributed by atoms with Crippen molar-refractivity contribution in [2.75, 3.05) is 59.5 Å². The molecule has 0 aromatic carbocycles. The Labute approximate surface area is 134 Å². The lowest BCUT2D eigenvalue weighted by molar-refractivity contribution is -0.144. The lowest BCUT2D eigenvalue weighted by atomic mass is 10.1. The highest BCUT2D eigenvalue weighted by molar-refractivity contribution is 5.69. The fourth-order valence-electron chi connectivity index (χ4n) is 1.45. The second kappa shape index (κ2) is 16.7. The average Bonchev–Trinajstić information content (AvgIpc) is 2.51. The number of rotatable bonds is 16. The second-order valence-electron chi connectivity index (χ2n) is 4.98. The Bertz CT molecular complexity index is 247. The SMILES string of the molecule is CCOC(=O)CCOCCOCCOCCOCC(C)CC. The summed E-state index contributed by atoms with van der Waals surface area (Å²) in [5.74, 6) is 0.375. The van der Waals surface area contributed by atoms with Gasteiger partial charge in [0, 0.05) is 6.61 Å². The normalized spacial score (nSPS) is 12.3. The van der Waals surface area contributed by atoms with Crippen molar-refractivity contribution in [1.82, 2.24) is 0 Å². The molecule has 6 heteroatoms. The van der Waals surface area contributed by atoms with Gasteiger partial charge in [0.25, 0.3) is 0 Å². The first-order valence-electron chi connectivity index (χ1n) is 8.17. The van der Waals surface area contributed by atoms with E-state index in [9.17, 15) is 4.79 Å². The molecule has 6 nitrogen and oxygen atoms in total. The highest BCUT2D eigenvalue weighted by Crippen LogP contribution is 1.99. The van der Waals surface area contributed by atoms with Gasteiger partial charge in [0.15, 0.2) is 0 Å². The quantitative estimate of drug-likeness (QED) is 0.320. The van der Waals surface area contributed by atoms with Gasteiger partial charge in [-0.1, -0.05) is 20.3 Å². The van der Waals surface area contributed by atoms with Crippen LogP contribution in [0.4, 0.5) is 0 Å². The van der Waals surface area contributed by atoms with Crippen LogP contribution in [0.2, 0.25) is 0 Å². The number of carbonyl (C=O) groups is 1. The fourth-order valence-corrected chi connectivity index (χ4v) is 1.45. The van der Waals surface area contributed by atoms with Gasteiger partial charge in [-0.05, 0) is 12.8 Å². The van der Waals surface area contributed by atoms with E-state index in [4.69, 9.17) is 23.7 Å². The molecule has 22 heavy (non-hydrogen) atoms. The van der Waals surface area contributed by atoms with Crippen molar-refractivity contribution in [3.63, 3.8) is 0 Å². The molecule has 0 fully saturated rings. The largest absolute Gasteiger partial charge is 0.466 e.